The number of nitrogens with two attached hydrogens (primary N) is 1. The molecule has 0 saturated heterocycles. The molecule has 0 aliphatic heterocycles. The standard InChI is InChI=1S/C17H20FNO/c1-3-20-16-8-5-13(6-9-16)17(19)11-14-4-7-15(18)10-12(14)2/h4-10,17H,3,11,19H2,1-2H3. The second-order valence-corrected chi connectivity index (χ2v) is 4.88. The molecule has 0 radical (unpaired) electrons. The number of aryl methyl sites for hydroxylation is 1. The average Bonchev–Trinajstić information content (AvgIpc) is 2.43. The predicted octanol–water partition coefficient (Wildman–Crippen LogP) is 3.78. The smallest absolute Gasteiger partial charge is 0.123 e. The van der Waals surface area contributed by atoms with Crippen LogP contribution in [0.2, 0.25) is 0 Å². The van der Waals surface area contributed by atoms with Crippen molar-refractivity contribution in [2.24, 2.45) is 5.73 Å². The summed E-state index contributed by atoms with van der Waals surface area (Å²) in [4.78, 5) is 0. The Labute approximate surface area is 119 Å². The summed E-state index contributed by atoms with van der Waals surface area (Å²) in [5, 5.41) is 0. The summed E-state index contributed by atoms with van der Waals surface area (Å²) in [7, 11) is 0. The molecule has 0 heterocycles. The van der Waals surface area contributed by atoms with Crippen molar-refractivity contribution in [3.05, 3.63) is 65.0 Å². The van der Waals surface area contributed by atoms with Crippen LogP contribution in [-0.2, 0) is 6.42 Å². The molecular weight excluding hydrogens is 253 g/mol. The number of rotatable bonds is 5. The Morgan fingerprint density at radius 2 is 1.85 bits per heavy atom. The number of hydrogen-bond donors (Lipinski definition) is 1. The highest BCUT2D eigenvalue weighted by molar-refractivity contribution is 5.32. The van der Waals surface area contributed by atoms with Gasteiger partial charge in [-0.05, 0) is 61.2 Å². The van der Waals surface area contributed by atoms with E-state index in [0.29, 0.717) is 13.0 Å². The molecule has 3 heteroatoms. The largest absolute Gasteiger partial charge is 0.494 e. The van der Waals surface area contributed by atoms with Gasteiger partial charge in [-0.2, -0.15) is 0 Å². The first kappa shape index (κ1) is 14.5. The lowest BCUT2D eigenvalue weighted by atomic mass is 9.97. The van der Waals surface area contributed by atoms with Crippen molar-refractivity contribution in [3.8, 4) is 5.75 Å². The van der Waals surface area contributed by atoms with Gasteiger partial charge >= 0.3 is 0 Å². The van der Waals surface area contributed by atoms with Crippen LogP contribution in [0.3, 0.4) is 0 Å². The molecule has 1 unspecified atom stereocenters. The molecule has 2 aromatic carbocycles. The number of halogens is 1. The minimum atomic E-state index is -0.208. The van der Waals surface area contributed by atoms with E-state index in [4.69, 9.17) is 10.5 Å². The Kier molecular flexibility index (Phi) is 4.74. The second-order valence-electron chi connectivity index (χ2n) is 4.88. The van der Waals surface area contributed by atoms with E-state index in [2.05, 4.69) is 0 Å². The van der Waals surface area contributed by atoms with Crippen LogP contribution in [-0.4, -0.2) is 6.61 Å². The maximum atomic E-state index is 13.1. The van der Waals surface area contributed by atoms with Crippen molar-refractivity contribution in [1.82, 2.24) is 0 Å². The maximum Gasteiger partial charge on any atom is 0.123 e. The van der Waals surface area contributed by atoms with Gasteiger partial charge in [0.25, 0.3) is 0 Å². The van der Waals surface area contributed by atoms with Gasteiger partial charge < -0.3 is 10.5 Å². The third kappa shape index (κ3) is 3.58. The number of hydrogen-bond acceptors (Lipinski definition) is 2. The Morgan fingerprint density at radius 3 is 2.45 bits per heavy atom. The lowest BCUT2D eigenvalue weighted by molar-refractivity contribution is 0.340. The topological polar surface area (TPSA) is 35.2 Å². The fraction of sp³-hybridized carbons (Fsp3) is 0.294. The molecule has 2 nitrogen and oxygen atoms in total. The molecule has 0 saturated carbocycles. The first-order chi connectivity index (χ1) is 9.60. The molecule has 0 aliphatic rings. The van der Waals surface area contributed by atoms with Gasteiger partial charge in [0.2, 0.25) is 0 Å². The highest BCUT2D eigenvalue weighted by Gasteiger charge is 2.09. The van der Waals surface area contributed by atoms with Gasteiger partial charge in [0, 0.05) is 6.04 Å². The van der Waals surface area contributed by atoms with E-state index in [0.717, 1.165) is 22.4 Å². The van der Waals surface area contributed by atoms with Gasteiger partial charge in [-0.3, -0.25) is 0 Å². The molecule has 2 rings (SSSR count). The zero-order valence-electron chi connectivity index (χ0n) is 11.9. The van der Waals surface area contributed by atoms with E-state index in [-0.39, 0.29) is 11.9 Å². The normalized spacial score (nSPS) is 12.2. The highest BCUT2D eigenvalue weighted by atomic mass is 19.1. The summed E-state index contributed by atoms with van der Waals surface area (Å²) in [6, 6.07) is 12.5. The Hall–Kier alpha value is -1.87. The minimum Gasteiger partial charge on any atom is -0.494 e. The van der Waals surface area contributed by atoms with Crippen molar-refractivity contribution in [3.63, 3.8) is 0 Å². The molecule has 1 atom stereocenters. The predicted molar refractivity (Wildman–Crippen MR) is 79.4 cm³/mol. The van der Waals surface area contributed by atoms with Crippen LogP contribution in [0.5, 0.6) is 5.75 Å². The molecule has 0 fully saturated rings. The van der Waals surface area contributed by atoms with Gasteiger partial charge in [-0.25, -0.2) is 4.39 Å². The Bertz CT molecular complexity index is 566. The van der Waals surface area contributed by atoms with Crippen molar-refractivity contribution < 1.29 is 9.13 Å². The zero-order chi connectivity index (χ0) is 14.5. The first-order valence-corrected chi connectivity index (χ1v) is 6.83. The summed E-state index contributed by atoms with van der Waals surface area (Å²) < 4.78 is 18.5. The molecule has 106 valence electrons. The van der Waals surface area contributed by atoms with Crippen LogP contribution in [0, 0.1) is 12.7 Å². The van der Waals surface area contributed by atoms with E-state index < -0.39 is 0 Å². The van der Waals surface area contributed by atoms with E-state index >= 15 is 0 Å². The van der Waals surface area contributed by atoms with Crippen LogP contribution in [0.1, 0.15) is 29.7 Å². The Balaban J connectivity index is 2.09. The molecule has 0 spiro atoms. The van der Waals surface area contributed by atoms with Gasteiger partial charge in [-0.1, -0.05) is 18.2 Å². The fourth-order valence-electron chi connectivity index (χ4n) is 2.22. The third-order valence-corrected chi connectivity index (χ3v) is 3.36. The lowest BCUT2D eigenvalue weighted by Crippen LogP contribution is -2.14. The monoisotopic (exact) mass is 273 g/mol. The molecular formula is C17H20FNO. The van der Waals surface area contributed by atoms with E-state index in [1.807, 2.05) is 38.1 Å². The Morgan fingerprint density at radius 1 is 1.15 bits per heavy atom. The summed E-state index contributed by atoms with van der Waals surface area (Å²) in [6.07, 6.45) is 0.695. The second kappa shape index (κ2) is 6.53. The van der Waals surface area contributed by atoms with Crippen LogP contribution < -0.4 is 10.5 Å². The average molecular weight is 273 g/mol. The number of benzene rings is 2. The van der Waals surface area contributed by atoms with Crippen molar-refractivity contribution in [2.75, 3.05) is 6.61 Å². The molecule has 2 aromatic rings. The van der Waals surface area contributed by atoms with Gasteiger partial charge in [-0.15, -0.1) is 0 Å². The van der Waals surface area contributed by atoms with Crippen LogP contribution in [0.15, 0.2) is 42.5 Å². The summed E-state index contributed by atoms with van der Waals surface area (Å²) in [5.74, 6) is 0.641. The zero-order valence-corrected chi connectivity index (χ0v) is 11.9. The number of ether oxygens (including phenoxy) is 1. The molecule has 20 heavy (non-hydrogen) atoms. The highest BCUT2D eigenvalue weighted by Crippen LogP contribution is 2.21. The van der Waals surface area contributed by atoms with Gasteiger partial charge in [0.15, 0.2) is 0 Å². The van der Waals surface area contributed by atoms with Gasteiger partial charge in [0.1, 0.15) is 11.6 Å². The quantitative estimate of drug-likeness (QED) is 0.900. The van der Waals surface area contributed by atoms with Crippen LogP contribution in [0.25, 0.3) is 0 Å². The summed E-state index contributed by atoms with van der Waals surface area (Å²) >= 11 is 0. The maximum absolute atomic E-state index is 13.1. The summed E-state index contributed by atoms with van der Waals surface area (Å²) in [6.45, 7) is 4.51. The van der Waals surface area contributed by atoms with E-state index in [9.17, 15) is 4.39 Å². The third-order valence-electron chi connectivity index (χ3n) is 3.36. The van der Waals surface area contributed by atoms with Crippen molar-refractivity contribution in [2.45, 2.75) is 26.3 Å². The van der Waals surface area contributed by atoms with Crippen LogP contribution in [0.4, 0.5) is 4.39 Å². The molecule has 2 N–H and O–H groups in total. The van der Waals surface area contributed by atoms with Crippen LogP contribution >= 0.6 is 0 Å². The summed E-state index contributed by atoms with van der Waals surface area (Å²) in [5.41, 5.74) is 9.29. The fourth-order valence-corrected chi connectivity index (χ4v) is 2.22. The van der Waals surface area contributed by atoms with E-state index in [1.54, 1.807) is 12.1 Å². The van der Waals surface area contributed by atoms with Gasteiger partial charge in [0.05, 0.1) is 6.61 Å². The molecule has 0 bridgehead atoms. The minimum absolute atomic E-state index is 0.102. The molecule has 0 amide bonds. The van der Waals surface area contributed by atoms with Crippen molar-refractivity contribution >= 4 is 0 Å². The molecule has 0 aromatic heterocycles. The SMILES string of the molecule is CCOc1ccc(C(N)Cc2ccc(F)cc2C)cc1. The molecule has 0 aliphatic carbocycles. The first-order valence-electron chi connectivity index (χ1n) is 6.83. The van der Waals surface area contributed by atoms with Crippen molar-refractivity contribution in [1.29, 1.82) is 0 Å². The lowest BCUT2D eigenvalue weighted by Gasteiger charge is -2.14. The van der Waals surface area contributed by atoms with E-state index in [1.165, 1.54) is 6.07 Å².